The molecule has 126 valence electrons. The Morgan fingerprint density at radius 3 is 2.62 bits per heavy atom. The zero-order valence-corrected chi connectivity index (χ0v) is 15.4. The summed E-state index contributed by atoms with van der Waals surface area (Å²) in [6.45, 7) is 0.858. The van der Waals surface area contributed by atoms with Crippen LogP contribution in [-0.4, -0.2) is 31.2 Å². The minimum atomic E-state index is 0.727. The van der Waals surface area contributed by atoms with Crippen molar-refractivity contribution in [2.75, 3.05) is 0 Å². The predicted molar refractivity (Wildman–Crippen MR) is 101 cm³/mol. The van der Waals surface area contributed by atoms with Gasteiger partial charge in [0.15, 0.2) is 0 Å². The molecule has 2 aromatic heterocycles. The van der Waals surface area contributed by atoms with Gasteiger partial charge in [0.05, 0.1) is 16.9 Å². The fourth-order valence-electron chi connectivity index (χ4n) is 4.08. The van der Waals surface area contributed by atoms with Gasteiger partial charge < -0.3 is 0 Å². The highest BCUT2D eigenvalue weighted by Gasteiger charge is 2.35. The molecule has 6 heteroatoms. The largest absolute Gasteiger partial charge is 0.278 e. The van der Waals surface area contributed by atoms with Gasteiger partial charge >= 0.3 is 0 Å². The van der Waals surface area contributed by atoms with Crippen LogP contribution >= 0.6 is 23.6 Å². The topological polar surface area (TPSA) is 25.5 Å². The summed E-state index contributed by atoms with van der Waals surface area (Å²) in [5, 5.41) is 4.85. The molecule has 2 fully saturated rings. The van der Waals surface area contributed by atoms with E-state index in [1.165, 1.54) is 55.2 Å². The molecule has 5 rings (SSSR count). The molecule has 0 atom stereocenters. The van der Waals surface area contributed by atoms with Crippen LogP contribution in [0.15, 0.2) is 24.3 Å². The molecule has 2 heterocycles. The second kappa shape index (κ2) is 5.93. The smallest absolute Gasteiger partial charge is 0.216 e. The molecule has 0 spiro atoms. The molecule has 3 aromatic rings. The zero-order chi connectivity index (χ0) is 16.1. The molecule has 0 bridgehead atoms. The maximum atomic E-state index is 5.78. The summed E-state index contributed by atoms with van der Waals surface area (Å²) in [5.41, 5.74) is 1.18. The maximum absolute atomic E-state index is 5.78. The lowest BCUT2D eigenvalue weighted by atomic mass is 9.94. The Hall–Kier alpha value is -1.24. The van der Waals surface area contributed by atoms with Gasteiger partial charge in [0.1, 0.15) is 0 Å². The number of hydrogen-bond donors (Lipinski definition) is 0. The summed E-state index contributed by atoms with van der Waals surface area (Å²) in [7, 11) is 0. The maximum Gasteiger partial charge on any atom is 0.216 e. The molecule has 0 saturated heterocycles. The van der Waals surface area contributed by atoms with E-state index in [1.807, 2.05) is 0 Å². The Balaban J connectivity index is 1.51. The summed E-state index contributed by atoms with van der Waals surface area (Å²) in [5.74, 6) is 0. The van der Waals surface area contributed by atoms with Gasteiger partial charge in [-0.15, -0.1) is 5.10 Å². The van der Waals surface area contributed by atoms with E-state index in [0.717, 1.165) is 28.5 Å². The third-order valence-electron chi connectivity index (χ3n) is 5.47. The number of thiazole rings is 1. The summed E-state index contributed by atoms with van der Waals surface area (Å²) < 4.78 is 6.29. The lowest BCUT2D eigenvalue weighted by Crippen LogP contribution is -2.40. The van der Waals surface area contributed by atoms with Crippen molar-refractivity contribution in [3.05, 3.63) is 29.0 Å². The second-order valence-corrected chi connectivity index (χ2v) is 8.52. The van der Waals surface area contributed by atoms with Crippen molar-refractivity contribution in [2.24, 2.45) is 0 Å². The predicted octanol–water partition coefficient (Wildman–Crippen LogP) is 4.83. The molecule has 2 aliphatic rings. The van der Waals surface area contributed by atoms with E-state index in [-0.39, 0.29) is 0 Å². The number of hydrogen-bond acceptors (Lipinski definition) is 4. The van der Waals surface area contributed by atoms with Gasteiger partial charge in [-0.2, -0.15) is 0 Å². The van der Waals surface area contributed by atoms with Gasteiger partial charge in [-0.1, -0.05) is 42.7 Å². The summed E-state index contributed by atoms with van der Waals surface area (Å²) in [6.07, 6.45) is 9.53. The van der Waals surface area contributed by atoms with Crippen LogP contribution in [0.4, 0.5) is 0 Å². The molecule has 1 aromatic carbocycles. The highest BCUT2D eigenvalue weighted by Crippen LogP contribution is 2.34. The van der Waals surface area contributed by atoms with E-state index >= 15 is 0 Å². The summed E-state index contributed by atoms with van der Waals surface area (Å²) in [4.78, 5) is 3.70. The third kappa shape index (κ3) is 2.52. The van der Waals surface area contributed by atoms with Crippen molar-refractivity contribution < 1.29 is 0 Å². The molecule has 24 heavy (non-hydrogen) atoms. The van der Waals surface area contributed by atoms with Crippen LogP contribution in [0.2, 0.25) is 0 Å². The van der Waals surface area contributed by atoms with Crippen LogP contribution in [0.5, 0.6) is 0 Å². The zero-order valence-electron chi connectivity index (χ0n) is 13.7. The number of nitrogens with zero attached hydrogens (tertiary/aromatic N) is 4. The fourth-order valence-corrected chi connectivity index (χ4v) is 5.45. The average Bonchev–Trinajstić information content (AvgIpc) is 3.32. The number of rotatable bonds is 4. The Labute approximate surface area is 150 Å². The highest BCUT2D eigenvalue weighted by molar-refractivity contribution is 7.71. The molecule has 4 nitrogen and oxygen atoms in total. The van der Waals surface area contributed by atoms with Gasteiger partial charge in [-0.3, -0.25) is 9.30 Å². The first kappa shape index (κ1) is 15.0. The number of fused-ring (bicyclic) bond motifs is 3. The van der Waals surface area contributed by atoms with Crippen molar-refractivity contribution in [2.45, 2.75) is 63.7 Å². The monoisotopic (exact) mass is 358 g/mol. The second-order valence-electron chi connectivity index (χ2n) is 7.15. The molecule has 0 radical (unpaired) electrons. The van der Waals surface area contributed by atoms with E-state index in [4.69, 9.17) is 17.3 Å². The minimum absolute atomic E-state index is 0.727. The Bertz CT molecular complexity index is 927. The highest BCUT2D eigenvalue weighted by atomic mass is 32.1. The Morgan fingerprint density at radius 1 is 1.08 bits per heavy atom. The van der Waals surface area contributed by atoms with E-state index in [9.17, 15) is 0 Å². The van der Waals surface area contributed by atoms with Crippen LogP contribution in [0.1, 0.15) is 44.9 Å². The third-order valence-corrected chi connectivity index (χ3v) is 6.88. The first-order chi connectivity index (χ1) is 11.8. The standard InChI is InChI=1S/C18H22N4S2/c23-18-21(12-20(14-10-11-14)13-6-2-1-3-7-13)19-17-22(18)15-8-4-5-9-16(15)24-17/h4-5,8-9,13-14H,1-3,6-7,10-12H2. The molecule has 0 amide bonds. The van der Waals surface area contributed by atoms with E-state index in [1.54, 1.807) is 11.3 Å². The van der Waals surface area contributed by atoms with Crippen LogP contribution in [0, 0.1) is 4.77 Å². The first-order valence-corrected chi connectivity index (χ1v) is 10.3. The van der Waals surface area contributed by atoms with Crippen molar-refractivity contribution >= 4 is 38.7 Å². The van der Waals surface area contributed by atoms with Gasteiger partial charge in [0, 0.05) is 12.1 Å². The number of aromatic nitrogens is 3. The van der Waals surface area contributed by atoms with Gasteiger partial charge in [0.2, 0.25) is 9.73 Å². The molecular formula is C18H22N4S2. The molecular weight excluding hydrogens is 336 g/mol. The summed E-state index contributed by atoms with van der Waals surface area (Å²) >= 11 is 7.51. The van der Waals surface area contributed by atoms with Crippen molar-refractivity contribution in [3.8, 4) is 0 Å². The van der Waals surface area contributed by atoms with Gasteiger partial charge in [-0.05, 0) is 50.0 Å². The lowest BCUT2D eigenvalue weighted by molar-refractivity contribution is 0.103. The fraction of sp³-hybridized carbons (Fsp3) is 0.556. The van der Waals surface area contributed by atoms with E-state index < -0.39 is 0 Å². The van der Waals surface area contributed by atoms with Crippen LogP contribution < -0.4 is 0 Å². The SMILES string of the molecule is S=c1n(CN(C2CCCCC2)C2CC2)nc2sc3ccccc3n12. The molecule has 0 unspecified atom stereocenters. The van der Waals surface area contributed by atoms with Crippen LogP contribution in [0.25, 0.3) is 15.2 Å². The van der Waals surface area contributed by atoms with E-state index in [2.05, 4.69) is 38.2 Å². The minimum Gasteiger partial charge on any atom is -0.278 e. The average molecular weight is 359 g/mol. The van der Waals surface area contributed by atoms with Crippen molar-refractivity contribution in [1.29, 1.82) is 0 Å². The Morgan fingerprint density at radius 2 is 1.83 bits per heavy atom. The van der Waals surface area contributed by atoms with E-state index in [0.29, 0.717) is 0 Å². The molecule has 2 saturated carbocycles. The van der Waals surface area contributed by atoms with Gasteiger partial charge in [-0.25, -0.2) is 4.68 Å². The molecule has 0 N–H and O–H groups in total. The van der Waals surface area contributed by atoms with Crippen molar-refractivity contribution in [1.82, 2.24) is 19.1 Å². The number of benzene rings is 1. The number of para-hydroxylation sites is 1. The lowest BCUT2D eigenvalue weighted by Gasteiger charge is -2.34. The summed E-state index contributed by atoms with van der Waals surface area (Å²) in [6, 6.07) is 9.92. The molecule has 2 aliphatic carbocycles. The normalized spacial score (nSPS) is 19.7. The van der Waals surface area contributed by atoms with Gasteiger partial charge in [0.25, 0.3) is 0 Å². The molecule has 0 aliphatic heterocycles. The first-order valence-electron chi connectivity index (χ1n) is 9.04. The van der Waals surface area contributed by atoms with Crippen molar-refractivity contribution in [3.63, 3.8) is 0 Å². The van der Waals surface area contributed by atoms with Crippen LogP contribution in [0.3, 0.4) is 0 Å². The van der Waals surface area contributed by atoms with Crippen LogP contribution in [-0.2, 0) is 6.67 Å². The Kier molecular flexibility index (Phi) is 3.72. The quantitative estimate of drug-likeness (QED) is 0.624.